The van der Waals surface area contributed by atoms with Crippen LogP contribution in [0.25, 0.3) is 0 Å². The van der Waals surface area contributed by atoms with Crippen LogP contribution in [-0.2, 0) is 13.0 Å². The van der Waals surface area contributed by atoms with Gasteiger partial charge in [-0.05, 0) is 55.4 Å². The molecule has 3 heterocycles. The molecule has 1 aliphatic carbocycles. The monoisotopic (exact) mass is 450 g/mol. The van der Waals surface area contributed by atoms with E-state index in [9.17, 15) is 0 Å². The molecule has 2 aliphatic heterocycles. The molecule has 0 atom stereocenters. The Bertz CT molecular complexity index is 934. The molecule has 6 nitrogen and oxygen atoms in total. The van der Waals surface area contributed by atoms with Crippen molar-refractivity contribution >= 4 is 34.9 Å². The summed E-state index contributed by atoms with van der Waals surface area (Å²) in [7, 11) is 0. The fourth-order valence-electron chi connectivity index (χ4n) is 5.19. The van der Waals surface area contributed by atoms with E-state index in [1.165, 1.54) is 62.5 Å². The van der Waals surface area contributed by atoms with E-state index in [2.05, 4.69) is 50.8 Å². The number of rotatable bonds is 4. The first-order valence-electron chi connectivity index (χ1n) is 12.3. The SMILES string of the molecule is S=C(Nc1nc(N2CCCC2)cc(N2CCc3ccccc3C2)n1)NC1CCCCCC1. The van der Waals surface area contributed by atoms with Crippen molar-refractivity contribution in [1.29, 1.82) is 0 Å². The lowest BCUT2D eigenvalue weighted by atomic mass is 10.00. The zero-order valence-electron chi connectivity index (χ0n) is 18.9. The minimum absolute atomic E-state index is 0.456. The van der Waals surface area contributed by atoms with Crippen LogP contribution in [0.2, 0.25) is 0 Å². The van der Waals surface area contributed by atoms with Gasteiger partial charge in [-0.15, -0.1) is 0 Å². The van der Waals surface area contributed by atoms with E-state index in [1.807, 2.05) is 0 Å². The van der Waals surface area contributed by atoms with Crippen LogP contribution in [0.5, 0.6) is 0 Å². The van der Waals surface area contributed by atoms with Gasteiger partial charge in [0.1, 0.15) is 11.6 Å². The zero-order valence-corrected chi connectivity index (χ0v) is 19.7. The predicted octanol–water partition coefficient (Wildman–Crippen LogP) is 4.65. The number of hydrogen-bond donors (Lipinski definition) is 2. The molecule has 1 saturated heterocycles. The van der Waals surface area contributed by atoms with Gasteiger partial charge in [0.25, 0.3) is 0 Å². The standard InChI is InChI=1S/C25H34N6S/c32-25(26-21-11-3-1-2-4-12-21)29-24-27-22(30-14-7-8-15-30)17-23(28-24)31-16-13-19-9-5-6-10-20(19)18-31/h5-6,9-10,17,21H,1-4,7-8,11-16,18H2,(H2,26,27,28,29,32). The highest BCUT2D eigenvalue weighted by molar-refractivity contribution is 7.80. The molecule has 1 saturated carbocycles. The van der Waals surface area contributed by atoms with E-state index in [-0.39, 0.29) is 0 Å². The van der Waals surface area contributed by atoms with E-state index >= 15 is 0 Å². The van der Waals surface area contributed by atoms with E-state index in [0.717, 1.165) is 44.2 Å². The Kier molecular flexibility index (Phi) is 6.72. The molecule has 0 amide bonds. The van der Waals surface area contributed by atoms with Crippen molar-refractivity contribution in [3.8, 4) is 0 Å². The Morgan fingerprint density at radius 3 is 2.28 bits per heavy atom. The van der Waals surface area contributed by atoms with Gasteiger partial charge in [-0.1, -0.05) is 49.9 Å². The maximum absolute atomic E-state index is 5.66. The first-order chi connectivity index (χ1) is 15.7. The van der Waals surface area contributed by atoms with Crippen LogP contribution >= 0.6 is 12.2 Å². The van der Waals surface area contributed by atoms with E-state index < -0.39 is 0 Å². The van der Waals surface area contributed by atoms with Crippen LogP contribution in [0.4, 0.5) is 17.6 Å². The van der Waals surface area contributed by atoms with Crippen LogP contribution in [0.1, 0.15) is 62.5 Å². The molecule has 3 aliphatic rings. The molecule has 1 aromatic heterocycles. The molecule has 7 heteroatoms. The summed E-state index contributed by atoms with van der Waals surface area (Å²) in [6, 6.07) is 11.4. The molecular weight excluding hydrogens is 416 g/mol. The van der Waals surface area contributed by atoms with Gasteiger partial charge in [-0.25, -0.2) is 0 Å². The molecule has 0 bridgehead atoms. The van der Waals surface area contributed by atoms with Gasteiger partial charge in [-0.2, -0.15) is 9.97 Å². The Morgan fingerprint density at radius 2 is 1.53 bits per heavy atom. The Balaban J connectivity index is 1.35. The molecular formula is C25H34N6S. The molecule has 2 aromatic rings. The van der Waals surface area contributed by atoms with Gasteiger partial charge in [0, 0.05) is 38.3 Å². The topological polar surface area (TPSA) is 56.3 Å². The lowest BCUT2D eigenvalue weighted by Crippen LogP contribution is -2.38. The number of nitrogens with zero attached hydrogens (tertiary/aromatic N) is 4. The van der Waals surface area contributed by atoms with E-state index in [0.29, 0.717) is 17.1 Å². The van der Waals surface area contributed by atoms with Crippen LogP contribution < -0.4 is 20.4 Å². The summed E-state index contributed by atoms with van der Waals surface area (Å²) in [5, 5.41) is 7.48. The summed E-state index contributed by atoms with van der Waals surface area (Å²) in [4.78, 5) is 14.5. The summed E-state index contributed by atoms with van der Waals surface area (Å²) < 4.78 is 0. The fourth-order valence-corrected chi connectivity index (χ4v) is 5.44. The summed E-state index contributed by atoms with van der Waals surface area (Å²) in [6.07, 6.45) is 11.1. The minimum atomic E-state index is 0.456. The maximum atomic E-state index is 5.66. The van der Waals surface area contributed by atoms with Crippen molar-refractivity contribution < 1.29 is 0 Å². The summed E-state index contributed by atoms with van der Waals surface area (Å²) >= 11 is 5.66. The highest BCUT2D eigenvalue weighted by Crippen LogP contribution is 2.28. The van der Waals surface area contributed by atoms with Gasteiger partial charge >= 0.3 is 0 Å². The molecule has 1 aromatic carbocycles. The second-order valence-corrected chi connectivity index (χ2v) is 9.74. The Labute approximate surface area is 196 Å². The lowest BCUT2D eigenvalue weighted by Gasteiger charge is -2.31. The van der Waals surface area contributed by atoms with Gasteiger partial charge in [0.15, 0.2) is 5.11 Å². The third-order valence-electron chi connectivity index (χ3n) is 7.00. The highest BCUT2D eigenvalue weighted by atomic mass is 32.1. The van der Waals surface area contributed by atoms with Crippen molar-refractivity contribution in [3.05, 3.63) is 41.5 Å². The molecule has 32 heavy (non-hydrogen) atoms. The van der Waals surface area contributed by atoms with Gasteiger partial charge < -0.3 is 20.4 Å². The molecule has 2 fully saturated rings. The van der Waals surface area contributed by atoms with Gasteiger partial charge in [0.05, 0.1) is 0 Å². The number of fused-ring (bicyclic) bond motifs is 1. The predicted molar refractivity (Wildman–Crippen MR) is 136 cm³/mol. The molecule has 2 N–H and O–H groups in total. The van der Waals surface area contributed by atoms with Crippen molar-refractivity contribution in [3.63, 3.8) is 0 Å². The molecule has 0 radical (unpaired) electrons. The second-order valence-electron chi connectivity index (χ2n) is 9.33. The number of anilines is 3. The highest BCUT2D eigenvalue weighted by Gasteiger charge is 2.22. The molecule has 0 spiro atoms. The number of nitrogens with one attached hydrogen (secondary N) is 2. The smallest absolute Gasteiger partial charge is 0.232 e. The van der Waals surface area contributed by atoms with Crippen LogP contribution in [0, 0.1) is 0 Å². The minimum Gasteiger partial charge on any atom is -0.360 e. The first-order valence-corrected chi connectivity index (χ1v) is 12.7. The zero-order chi connectivity index (χ0) is 21.8. The number of aromatic nitrogens is 2. The largest absolute Gasteiger partial charge is 0.360 e. The summed E-state index contributed by atoms with van der Waals surface area (Å²) in [6.45, 7) is 3.97. The fraction of sp³-hybridized carbons (Fsp3) is 0.560. The van der Waals surface area contributed by atoms with Gasteiger partial charge in [-0.3, -0.25) is 0 Å². The summed E-state index contributed by atoms with van der Waals surface area (Å²) in [5.74, 6) is 2.59. The number of thiocarbonyl (C=S) groups is 1. The number of hydrogen-bond acceptors (Lipinski definition) is 5. The lowest BCUT2D eigenvalue weighted by molar-refractivity contribution is 0.535. The average molecular weight is 451 g/mol. The molecule has 5 rings (SSSR count). The average Bonchev–Trinajstić information content (AvgIpc) is 3.24. The third-order valence-corrected chi connectivity index (χ3v) is 7.22. The van der Waals surface area contributed by atoms with E-state index in [4.69, 9.17) is 22.2 Å². The third kappa shape index (κ3) is 5.14. The summed E-state index contributed by atoms with van der Waals surface area (Å²) in [5.41, 5.74) is 2.84. The molecule has 170 valence electrons. The Hall–Kier alpha value is -2.41. The first kappa shape index (κ1) is 21.4. The van der Waals surface area contributed by atoms with E-state index in [1.54, 1.807) is 0 Å². The van der Waals surface area contributed by atoms with Crippen LogP contribution in [0.3, 0.4) is 0 Å². The van der Waals surface area contributed by atoms with Crippen molar-refractivity contribution in [1.82, 2.24) is 15.3 Å². The number of benzene rings is 1. The normalized spacial score (nSPS) is 19.4. The van der Waals surface area contributed by atoms with Crippen molar-refractivity contribution in [2.24, 2.45) is 0 Å². The maximum Gasteiger partial charge on any atom is 0.232 e. The second kappa shape index (κ2) is 10.0. The van der Waals surface area contributed by atoms with Crippen molar-refractivity contribution in [2.45, 2.75) is 70.4 Å². The van der Waals surface area contributed by atoms with Crippen molar-refractivity contribution in [2.75, 3.05) is 34.8 Å². The molecule has 0 unspecified atom stereocenters. The van der Waals surface area contributed by atoms with Crippen LogP contribution in [0.15, 0.2) is 30.3 Å². The quantitative estimate of drug-likeness (QED) is 0.519. The van der Waals surface area contributed by atoms with Crippen LogP contribution in [-0.4, -0.2) is 40.8 Å². The van der Waals surface area contributed by atoms with Gasteiger partial charge in [0.2, 0.25) is 5.95 Å². The Morgan fingerprint density at radius 1 is 0.844 bits per heavy atom.